The zero-order valence-electron chi connectivity index (χ0n) is 26.4. The number of nitrogens with zero attached hydrogens (tertiary/aromatic N) is 2. The normalized spacial score (nSPS) is 21.4. The van der Waals surface area contributed by atoms with Crippen LogP contribution in [-0.2, 0) is 32.1 Å². The summed E-state index contributed by atoms with van der Waals surface area (Å²) in [7, 11) is 0. The quantitative estimate of drug-likeness (QED) is 0.323. The first-order valence-electron chi connectivity index (χ1n) is 16.3. The van der Waals surface area contributed by atoms with Gasteiger partial charge in [0.15, 0.2) is 0 Å². The molecule has 0 spiro atoms. The van der Waals surface area contributed by atoms with Gasteiger partial charge in [0.2, 0.25) is 23.6 Å². The molecule has 8 nitrogen and oxygen atoms in total. The van der Waals surface area contributed by atoms with Gasteiger partial charge in [-0.05, 0) is 66.5 Å². The van der Waals surface area contributed by atoms with Crippen LogP contribution >= 0.6 is 11.6 Å². The van der Waals surface area contributed by atoms with Crippen molar-refractivity contribution in [2.24, 2.45) is 5.92 Å². The van der Waals surface area contributed by atoms with Gasteiger partial charge in [0.1, 0.15) is 6.04 Å². The lowest BCUT2D eigenvalue weighted by molar-refractivity contribution is -0.142. The smallest absolute Gasteiger partial charge is 0.246 e. The van der Waals surface area contributed by atoms with Gasteiger partial charge in [0.25, 0.3) is 0 Å². The van der Waals surface area contributed by atoms with Gasteiger partial charge in [0.05, 0.1) is 13.1 Å². The molecular weight excluding hydrogens is 600 g/mol. The third-order valence-corrected chi connectivity index (χ3v) is 9.18. The number of fused-ring (bicyclic) bond motifs is 12. The molecule has 2 N–H and O–H groups in total. The maximum Gasteiger partial charge on any atom is 0.246 e. The van der Waals surface area contributed by atoms with Gasteiger partial charge in [-0.15, -0.1) is 0 Å². The summed E-state index contributed by atoms with van der Waals surface area (Å²) in [6, 6.07) is 23.9. The fourth-order valence-corrected chi connectivity index (χ4v) is 6.73. The van der Waals surface area contributed by atoms with Gasteiger partial charge in [-0.2, -0.15) is 0 Å². The highest BCUT2D eigenvalue weighted by atomic mass is 35.5. The van der Waals surface area contributed by atoms with Gasteiger partial charge in [-0.1, -0.05) is 91.7 Å². The molecule has 0 radical (unpaired) electrons. The van der Waals surface area contributed by atoms with Crippen LogP contribution in [0.1, 0.15) is 56.6 Å². The van der Waals surface area contributed by atoms with Crippen molar-refractivity contribution in [1.29, 1.82) is 0 Å². The van der Waals surface area contributed by atoms with E-state index in [9.17, 15) is 19.2 Å². The largest absolute Gasteiger partial charge is 0.352 e. The van der Waals surface area contributed by atoms with Gasteiger partial charge < -0.3 is 20.4 Å². The van der Waals surface area contributed by atoms with Gasteiger partial charge in [-0.25, -0.2) is 0 Å². The highest BCUT2D eigenvalue weighted by Gasteiger charge is 2.34. The SMILES string of the molecule is CCCCN1CC(=O)N[C@H](Cc2cccc(Cl)c2)C(=O)N(Cc2ccccc2-c2ccccc2)CC(=O)NC2CCC(CC2)C1=O. The summed E-state index contributed by atoms with van der Waals surface area (Å²) in [5.74, 6) is -1.25. The minimum Gasteiger partial charge on any atom is -0.352 e. The maximum absolute atomic E-state index is 14.5. The zero-order valence-corrected chi connectivity index (χ0v) is 27.2. The van der Waals surface area contributed by atoms with Crippen LogP contribution in [0.25, 0.3) is 11.1 Å². The Hall–Kier alpha value is -4.17. The van der Waals surface area contributed by atoms with Crippen LogP contribution < -0.4 is 10.6 Å². The first-order chi connectivity index (χ1) is 22.3. The predicted octanol–water partition coefficient (Wildman–Crippen LogP) is 5.38. The highest BCUT2D eigenvalue weighted by Crippen LogP contribution is 2.28. The molecule has 3 aliphatic rings. The Balaban J connectivity index is 1.50. The minimum atomic E-state index is -0.979. The lowest BCUT2D eigenvalue weighted by Gasteiger charge is -2.32. The van der Waals surface area contributed by atoms with Crippen molar-refractivity contribution in [2.45, 2.75) is 70.5 Å². The fraction of sp³-hybridized carbons (Fsp3) is 0.405. The number of amides is 4. The molecule has 3 fully saturated rings. The molecule has 0 unspecified atom stereocenters. The topological polar surface area (TPSA) is 98.8 Å². The number of carbonyl (C=O) groups is 4. The molecule has 3 aromatic carbocycles. The molecule has 1 aliphatic carbocycles. The maximum atomic E-state index is 14.5. The van der Waals surface area contributed by atoms with Gasteiger partial charge >= 0.3 is 0 Å². The molecule has 2 bridgehead atoms. The van der Waals surface area contributed by atoms with Crippen molar-refractivity contribution < 1.29 is 19.2 Å². The Bertz CT molecular complexity index is 1520. The Labute approximate surface area is 276 Å². The molecule has 2 aliphatic heterocycles. The van der Waals surface area contributed by atoms with E-state index < -0.39 is 11.9 Å². The van der Waals surface area contributed by atoms with Crippen molar-refractivity contribution in [3.05, 3.63) is 95.0 Å². The van der Waals surface area contributed by atoms with E-state index in [2.05, 4.69) is 17.6 Å². The van der Waals surface area contributed by atoms with Crippen LogP contribution in [0.3, 0.4) is 0 Å². The van der Waals surface area contributed by atoms with Gasteiger partial charge in [0, 0.05) is 36.5 Å². The third-order valence-electron chi connectivity index (χ3n) is 8.94. The summed E-state index contributed by atoms with van der Waals surface area (Å²) in [5.41, 5.74) is 3.63. The second-order valence-electron chi connectivity index (χ2n) is 12.4. The minimum absolute atomic E-state index is 0.0277. The number of hydrogen-bond donors (Lipinski definition) is 2. The summed E-state index contributed by atoms with van der Waals surface area (Å²) in [4.78, 5) is 58.5. The molecule has 6 rings (SSSR count). The average molecular weight is 643 g/mol. The van der Waals surface area contributed by atoms with Crippen molar-refractivity contribution in [3.8, 4) is 11.1 Å². The first-order valence-corrected chi connectivity index (χ1v) is 16.7. The third kappa shape index (κ3) is 8.75. The second-order valence-corrected chi connectivity index (χ2v) is 12.8. The van der Waals surface area contributed by atoms with E-state index >= 15 is 0 Å². The zero-order chi connectivity index (χ0) is 32.5. The first kappa shape index (κ1) is 33.2. The summed E-state index contributed by atoms with van der Waals surface area (Å²) in [6.07, 6.45) is 4.51. The molecule has 46 heavy (non-hydrogen) atoms. The van der Waals surface area contributed by atoms with Crippen LogP contribution in [0.2, 0.25) is 5.02 Å². The molecule has 242 valence electrons. The standard InChI is InChI=1S/C37H43ClN4O4/c1-2-3-20-41-24-35(44)40-33(22-26-10-9-14-30(38)21-26)37(46)42(25-34(43)39-31-18-16-28(17-19-31)36(41)45)23-29-13-7-8-15-32(29)27-11-5-4-6-12-27/h4-15,21,28,31,33H,2-3,16-20,22-25H2,1H3,(H,39,43)(H,40,44)/t28?,31?,33-/m1/s1. The predicted molar refractivity (Wildman–Crippen MR) is 180 cm³/mol. The summed E-state index contributed by atoms with van der Waals surface area (Å²) >= 11 is 6.29. The van der Waals surface area contributed by atoms with Crippen LogP contribution in [-0.4, -0.2) is 65.1 Å². The number of nitrogens with one attached hydrogen (secondary N) is 2. The van der Waals surface area contributed by atoms with E-state index in [0.717, 1.165) is 35.1 Å². The number of benzene rings is 3. The van der Waals surface area contributed by atoms with E-state index in [4.69, 9.17) is 11.6 Å². The Morgan fingerprint density at radius 1 is 0.761 bits per heavy atom. The van der Waals surface area contributed by atoms with Crippen molar-refractivity contribution in [2.75, 3.05) is 19.6 Å². The summed E-state index contributed by atoms with van der Waals surface area (Å²) in [6.45, 7) is 2.43. The van der Waals surface area contributed by atoms with E-state index in [1.807, 2.05) is 60.7 Å². The van der Waals surface area contributed by atoms with E-state index in [-0.39, 0.29) is 55.7 Å². The summed E-state index contributed by atoms with van der Waals surface area (Å²) < 4.78 is 0. The Morgan fingerprint density at radius 2 is 1.46 bits per heavy atom. The number of unbranched alkanes of at least 4 members (excludes halogenated alkanes) is 1. The van der Waals surface area contributed by atoms with E-state index in [0.29, 0.717) is 37.3 Å². The molecule has 4 amide bonds. The molecule has 1 atom stereocenters. The molecular formula is C37H43ClN4O4. The molecule has 0 aromatic heterocycles. The van der Waals surface area contributed by atoms with Crippen molar-refractivity contribution in [3.63, 3.8) is 0 Å². The highest BCUT2D eigenvalue weighted by molar-refractivity contribution is 6.30. The number of carbonyl (C=O) groups excluding carboxylic acids is 4. The van der Waals surface area contributed by atoms with Crippen LogP contribution in [0.4, 0.5) is 0 Å². The average Bonchev–Trinajstić information content (AvgIpc) is 3.06. The summed E-state index contributed by atoms with van der Waals surface area (Å²) in [5, 5.41) is 6.61. The lowest BCUT2D eigenvalue weighted by Crippen LogP contribution is -2.54. The van der Waals surface area contributed by atoms with E-state index in [1.54, 1.807) is 23.1 Å². The number of hydrogen-bond acceptors (Lipinski definition) is 4. The van der Waals surface area contributed by atoms with Crippen molar-refractivity contribution >= 4 is 35.2 Å². The van der Waals surface area contributed by atoms with Crippen LogP contribution in [0.15, 0.2) is 78.9 Å². The lowest BCUT2D eigenvalue weighted by atomic mass is 9.85. The van der Waals surface area contributed by atoms with Crippen LogP contribution in [0.5, 0.6) is 0 Å². The van der Waals surface area contributed by atoms with Crippen LogP contribution in [0, 0.1) is 5.92 Å². The molecule has 9 heteroatoms. The van der Waals surface area contributed by atoms with Crippen molar-refractivity contribution in [1.82, 2.24) is 20.4 Å². The molecule has 3 aromatic rings. The van der Waals surface area contributed by atoms with Gasteiger partial charge in [-0.3, -0.25) is 19.2 Å². The molecule has 2 heterocycles. The number of halogens is 1. The Morgan fingerprint density at radius 3 is 2.20 bits per heavy atom. The van der Waals surface area contributed by atoms with E-state index in [1.165, 1.54) is 4.90 Å². The Kier molecular flexibility index (Phi) is 11.5. The number of rotatable bonds is 8. The fourth-order valence-electron chi connectivity index (χ4n) is 6.51. The monoisotopic (exact) mass is 642 g/mol. The molecule has 1 saturated carbocycles. The second kappa shape index (κ2) is 15.9. The molecule has 2 saturated heterocycles.